The average Bonchev–Trinajstić information content (AvgIpc) is 2.55. The molecule has 2 amide bonds. The van der Waals surface area contributed by atoms with Crippen LogP contribution in [0, 0.1) is 11.6 Å². The number of carbonyl (C=O) groups excluding carboxylic acids is 1. The Morgan fingerprint density at radius 2 is 1.84 bits per heavy atom. The van der Waals surface area contributed by atoms with Crippen LogP contribution in [0.25, 0.3) is 0 Å². The van der Waals surface area contributed by atoms with Crippen LogP contribution in [0.4, 0.5) is 19.3 Å². The molecule has 2 rings (SSSR count). The van der Waals surface area contributed by atoms with E-state index in [1.165, 1.54) is 4.90 Å². The maximum atomic E-state index is 14.0. The van der Waals surface area contributed by atoms with Gasteiger partial charge in [-0.05, 0) is 25.1 Å². The van der Waals surface area contributed by atoms with Crippen LogP contribution in [0.2, 0.25) is 0 Å². The Labute approximate surface area is 143 Å². The molecule has 2 aromatic rings. The fraction of sp³-hybridized carbons (Fsp3) is 0.222. The van der Waals surface area contributed by atoms with Gasteiger partial charge in [0.2, 0.25) is 0 Å². The average molecular weight is 348 g/mol. The lowest BCUT2D eigenvalue weighted by molar-refractivity contribution is -0.137. The number of hydrogen-bond donors (Lipinski definition) is 2. The molecule has 1 atom stereocenters. The van der Waals surface area contributed by atoms with Gasteiger partial charge in [0, 0.05) is 23.9 Å². The Balaban J connectivity index is 2.26. The summed E-state index contributed by atoms with van der Waals surface area (Å²) in [5, 5.41) is 11.6. The summed E-state index contributed by atoms with van der Waals surface area (Å²) in [6, 6.07) is 9.92. The third-order valence-electron chi connectivity index (χ3n) is 3.64. The standard InChI is InChI=1S/C18H18F2N2O3/c1-2-22(13-6-4-3-5-7-13)18(25)21-16(11-17(23)24)14-9-8-12(19)10-15(14)20/h3-10,16H,2,11H2,1H3,(H,21,25)(H,23,24). The third kappa shape index (κ3) is 4.76. The van der Waals surface area contributed by atoms with Crippen LogP contribution in [-0.4, -0.2) is 23.7 Å². The zero-order valence-corrected chi connectivity index (χ0v) is 13.6. The van der Waals surface area contributed by atoms with Gasteiger partial charge in [-0.2, -0.15) is 0 Å². The summed E-state index contributed by atoms with van der Waals surface area (Å²) in [5.41, 5.74) is 0.539. The van der Waals surface area contributed by atoms with Gasteiger partial charge in [-0.15, -0.1) is 0 Å². The summed E-state index contributed by atoms with van der Waals surface area (Å²) in [4.78, 5) is 25.0. The molecular weight excluding hydrogens is 330 g/mol. The number of nitrogens with zero attached hydrogens (tertiary/aromatic N) is 1. The Kier molecular flexibility index (Phi) is 6.05. The van der Waals surface area contributed by atoms with Crippen LogP contribution in [0.15, 0.2) is 48.5 Å². The molecule has 1 unspecified atom stereocenters. The van der Waals surface area contributed by atoms with E-state index in [1.807, 2.05) is 0 Å². The molecule has 0 aliphatic heterocycles. The zero-order valence-electron chi connectivity index (χ0n) is 13.6. The Hall–Kier alpha value is -2.96. The van der Waals surface area contributed by atoms with Gasteiger partial charge in [-0.3, -0.25) is 9.69 Å². The molecule has 0 heterocycles. The smallest absolute Gasteiger partial charge is 0.322 e. The monoisotopic (exact) mass is 348 g/mol. The van der Waals surface area contributed by atoms with Crippen molar-refractivity contribution in [2.45, 2.75) is 19.4 Å². The van der Waals surface area contributed by atoms with E-state index in [9.17, 15) is 18.4 Å². The highest BCUT2D eigenvalue weighted by molar-refractivity contribution is 5.92. The van der Waals surface area contributed by atoms with Crippen molar-refractivity contribution in [3.63, 3.8) is 0 Å². The highest BCUT2D eigenvalue weighted by Gasteiger charge is 2.24. The van der Waals surface area contributed by atoms with E-state index in [0.717, 1.165) is 12.1 Å². The first-order valence-corrected chi connectivity index (χ1v) is 7.72. The second-order valence-corrected chi connectivity index (χ2v) is 5.35. The van der Waals surface area contributed by atoms with Crippen LogP contribution in [0.5, 0.6) is 0 Å². The number of hydrogen-bond acceptors (Lipinski definition) is 2. The minimum atomic E-state index is -1.21. The fourth-order valence-corrected chi connectivity index (χ4v) is 2.48. The van der Waals surface area contributed by atoms with Gasteiger partial charge in [0.25, 0.3) is 0 Å². The van der Waals surface area contributed by atoms with Gasteiger partial charge in [0.05, 0.1) is 12.5 Å². The van der Waals surface area contributed by atoms with Crippen LogP contribution in [0.3, 0.4) is 0 Å². The minimum absolute atomic E-state index is 0.0822. The Morgan fingerprint density at radius 1 is 1.16 bits per heavy atom. The SMILES string of the molecule is CCN(C(=O)NC(CC(=O)O)c1ccc(F)cc1F)c1ccccc1. The largest absolute Gasteiger partial charge is 0.481 e. The summed E-state index contributed by atoms with van der Waals surface area (Å²) in [5.74, 6) is -2.90. The molecular formula is C18H18F2N2O3. The molecule has 0 aliphatic rings. The van der Waals surface area contributed by atoms with Crippen LogP contribution >= 0.6 is 0 Å². The highest BCUT2D eigenvalue weighted by atomic mass is 19.1. The number of urea groups is 1. The summed E-state index contributed by atoms with van der Waals surface area (Å²) in [6.07, 6.45) is -0.527. The number of amides is 2. The van der Waals surface area contributed by atoms with Gasteiger partial charge in [0.1, 0.15) is 11.6 Å². The second kappa shape index (κ2) is 8.23. The molecule has 0 bridgehead atoms. The molecule has 25 heavy (non-hydrogen) atoms. The van der Waals surface area contributed by atoms with Crippen molar-refractivity contribution >= 4 is 17.7 Å². The number of rotatable bonds is 6. The van der Waals surface area contributed by atoms with Crippen molar-refractivity contribution in [1.82, 2.24) is 5.32 Å². The summed E-state index contributed by atoms with van der Waals surface area (Å²) < 4.78 is 27.1. The van der Waals surface area contributed by atoms with Gasteiger partial charge < -0.3 is 10.4 Å². The van der Waals surface area contributed by atoms with E-state index in [1.54, 1.807) is 37.3 Å². The molecule has 0 aliphatic carbocycles. The van der Waals surface area contributed by atoms with E-state index < -0.39 is 36.1 Å². The number of carbonyl (C=O) groups is 2. The van der Waals surface area contributed by atoms with Crippen molar-refractivity contribution < 1.29 is 23.5 Å². The third-order valence-corrected chi connectivity index (χ3v) is 3.64. The zero-order chi connectivity index (χ0) is 18.4. The van der Waals surface area contributed by atoms with Crippen LogP contribution in [-0.2, 0) is 4.79 Å². The lowest BCUT2D eigenvalue weighted by Gasteiger charge is -2.25. The minimum Gasteiger partial charge on any atom is -0.481 e. The van der Waals surface area contributed by atoms with E-state index in [2.05, 4.69) is 5.32 Å². The molecule has 7 heteroatoms. The Bertz CT molecular complexity index is 753. The molecule has 0 saturated carbocycles. The normalized spacial score (nSPS) is 11.6. The lowest BCUT2D eigenvalue weighted by Crippen LogP contribution is -2.42. The number of anilines is 1. The van der Waals surface area contributed by atoms with Gasteiger partial charge in [-0.25, -0.2) is 13.6 Å². The lowest BCUT2D eigenvalue weighted by atomic mass is 10.0. The summed E-state index contributed by atoms with van der Waals surface area (Å²) in [7, 11) is 0. The van der Waals surface area contributed by atoms with Crippen molar-refractivity contribution in [2.75, 3.05) is 11.4 Å². The maximum Gasteiger partial charge on any atom is 0.322 e. The fourth-order valence-electron chi connectivity index (χ4n) is 2.48. The van der Waals surface area contributed by atoms with Crippen molar-refractivity contribution in [3.05, 3.63) is 65.7 Å². The molecule has 132 valence electrons. The molecule has 0 radical (unpaired) electrons. The first-order valence-electron chi connectivity index (χ1n) is 7.72. The number of nitrogens with one attached hydrogen (secondary N) is 1. The molecule has 2 aromatic carbocycles. The number of aliphatic carboxylic acids is 1. The molecule has 0 fully saturated rings. The first-order chi connectivity index (χ1) is 11.9. The quantitative estimate of drug-likeness (QED) is 0.836. The topological polar surface area (TPSA) is 69.6 Å². The molecule has 0 aromatic heterocycles. The number of halogens is 2. The molecule has 5 nitrogen and oxygen atoms in total. The summed E-state index contributed by atoms with van der Waals surface area (Å²) in [6.45, 7) is 2.10. The number of para-hydroxylation sites is 1. The van der Waals surface area contributed by atoms with Crippen molar-refractivity contribution in [2.24, 2.45) is 0 Å². The van der Waals surface area contributed by atoms with E-state index in [-0.39, 0.29) is 5.56 Å². The highest BCUT2D eigenvalue weighted by Crippen LogP contribution is 2.22. The predicted octanol–water partition coefficient (Wildman–Crippen LogP) is 3.72. The first kappa shape index (κ1) is 18.4. The van der Waals surface area contributed by atoms with Crippen molar-refractivity contribution in [1.29, 1.82) is 0 Å². The number of carboxylic acids is 1. The predicted molar refractivity (Wildman–Crippen MR) is 89.3 cm³/mol. The van der Waals surface area contributed by atoms with E-state index in [0.29, 0.717) is 18.3 Å². The van der Waals surface area contributed by atoms with Crippen LogP contribution in [0.1, 0.15) is 24.9 Å². The van der Waals surface area contributed by atoms with Crippen LogP contribution < -0.4 is 10.2 Å². The Morgan fingerprint density at radius 3 is 2.40 bits per heavy atom. The number of carboxylic acid groups (broad SMARTS) is 1. The van der Waals surface area contributed by atoms with E-state index >= 15 is 0 Å². The van der Waals surface area contributed by atoms with Gasteiger partial charge >= 0.3 is 12.0 Å². The molecule has 0 saturated heterocycles. The maximum absolute atomic E-state index is 14.0. The van der Waals surface area contributed by atoms with Gasteiger partial charge in [0.15, 0.2) is 0 Å². The number of benzene rings is 2. The summed E-state index contributed by atoms with van der Waals surface area (Å²) >= 11 is 0. The van der Waals surface area contributed by atoms with E-state index in [4.69, 9.17) is 5.11 Å². The molecule has 2 N–H and O–H groups in total. The second-order valence-electron chi connectivity index (χ2n) is 5.35. The van der Waals surface area contributed by atoms with Gasteiger partial charge in [-0.1, -0.05) is 24.3 Å². The molecule has 0 spiro atoms. The van der Waals surface area contributed by atoms with Crippen molar-refractivity contribution in [3.8, 4) is 0 Å².